The van der Waals surface area contributed by atoms with E-state index >= 15 is 0 Å². The number of hydrogen-bond acceptors (Lipinski definition) is 2. The average Bonchev–Trinajstić information content (AvgIpc) is 2.32. The molecular weight excluding hydrogens is 222 g/mol. The van der Waals surface area contributed by atoms with Crippen LogP contribution in [0.25, 0.3) is 0 Å². The van der Waals surface area contributed by atoms with E-state index in [0.29, 0.717) is 6.04 Å². The van der Waals surface area contributed by atoms with Crippen LogP contribution in [0.3, 0.4) is 0 Å². The molecule has 0 unspecified atom stereocenters. The zero-order valence-electron chi connectivity index (χ0n) is 10.8. The van der Waals surface area contributed by atoms with Gasteiger partial charge in [0.05, 0.1) is 0 Å². The molecule has 0 amide bonds. The fourth-order valence-corrected chi connectivity index (χ4v) is 2.81. The predicted octanol–water partition coefficient (Wildman–Crippen LogP) is 3.14. The Labute approximate surface area is 105 Å². The van der Waals surface area contributed by atoms with E-state index in [2.05, 4.69) is 18.7 Å². The van der Waals surface area contributed by atoms with Crippen molar-refractivity contribution in [1.29, 1.82) is 0 Å². The maximum Gasteiger partial charge on any atom is 0.0469 e. The van der Waals surface area contributed by atoms with Crippen molar-refractivity contribution in [2.45, 2.75) is 45.6 Å². The van der Waals surface area contributed by atoms with Gasteiger partial charge in [-0.15, -0.1) is 11.6 Å². The third-order valence-electron chi connectivity index (χ3n) is 3.66. The second kappa shape index (κ2) is 8.32. The van der Waals surface area contributed by atoms with E-state index in [1.165, 1.54) is 32.2 Å². The van der Waals surface area contributed by atoms with Gasteiger partial charge in [-0.1, -0.05) is 13.8 Å². The normalized spacial score (nSPS) is 18.6. The van der Waals surface area contributed by atoms with Crippen LogP contribution in [-0.2, 0) is 4.74 Å². The van der Waals surface area contributed by atoms with Gasteiger partial charge in [0.15, 0.2) is 0 Å². The standard InChI is InChI=1S/C13H26ClNO/c1-3-13(4-2)15(8-7-14)11-12-5-9-16-10-6-12/h12-13H,3-11H2,1-2H3. The summed E-state index contributed by atoms with van der Waals surface area (Å²) < 4.78 is 5.41. The molecule has 1 heterocycles. The molecule has 2 nitrogen and oxygen atoms in total. The van der Waals surface area contributed by atoms with Crippen LogP contribution >= 0.6 is 11.6 Å². The smallest absolute Gasteiger partial charge is 0.0469 e. The van der Waals surface area contributed by atoms with Crippen LogP contribution in [0.15, 0.2) is 0 Å². The van der Waals surface area contributed by atoms with Crippen molar-refractivity contribution in [2.24, 2.45) is 5.92 Å². The van der Waals surface area contributed by atoms with E-state index in [-0.39, 0.29) is 0 Å². The van der Waals surface area contributed by atoms with E-state index < -0.39 is 0 Å². The van der Waals surface area contributed by atoms with Crippen LogP contribution in [0.4, 0.5) is 0 Å². The molecule has 96 valence electrons. The molecule has 0 bridgehead atoms. The molecule has 0 aromatic carbocycles. The Morgan fingerprint density at radius 2 is 1.88 bits per heavy atom. The summed E-state index contributed by atoms with van der Waals surface area (Å²) in [5.41, 5.74) is 0. The molecule has 1 aliphatic rings. The van der Waals surface area contributed by atoms with Crippen molar-refractivity contribution in [2.75, 3.05) is 32.2 Å². The highest BCUT2D eigenvalue weighted by atomic mass is 35.5. The first-order valence-electron chi connectivity index (χ1n) is 6.69. The predicted molar refractivity (Wildman–Crippen MR) is 70.2 cm³/mol. The first-order chi connectivity index (χ1) is 7.81. The summed E-state index contributed by atoms with van der Waals surface area (Å²) in [6.45, 7) is 8.69. The lowest BCUT2D eigenvalue weighted by Crippen LogP contribution is -2.40. The van der Waals surface area contributed by atoms with Crippen LogP contribution in [0.5, 0.6) is 0 Å². The summed E-state index contributed by atoms with van der Waals surface area (Å²) in [4.78, 5) is 2.59. The number of nitrogens with zero attached hydrogens (tertiary/aromatic N) is 1. The molecule has 1 aliphatic heterocycles. The van der Waals surface area contributed by atoms with E-state index in [4.69, 9.17) is 16.3 Å². The Bertz CT molecular complexity index is 167. The van der Waals surface area contributed by atoms with Crippen LogP contribution in [0, 0.1) is 5.92 Å². The lowest BCUT2D eigenvalue weighted by atomic mass is 9.98. The monoisotopic (exact) mass is 247 g/mol. The Morgan fingerprint density at radius 3 is 2.38 bits per heavy atom. The summed E-state index contributed by atoms with van der Waals surface area (Å²) in [5, 5.41) is 0. The summed E-state index contributed by atoms with van der Waals surface area (Å²) in [7, 11) is 0. The van der Waals surface area contributed by atoms with Crippen LogP contribution in [0.1, 0.15) is 39.5 Å². The van der Waals surface area contributed by atoms with Crippen LogP contribution in [0.2, 0.25) is 0 Å². The molecule has 0 aromatic heterocycles. The molecule has 1 saturated heterocycles. The SMILES string of the molecule is CCC(CC)N(CCCl)CC1CCOCC1. The zero-order chi connectivity index (χ0) is 11.8. The molecule has 0 saturated carbocycles. The highest BCUT2D eigenvalue weighted by molar-refractivity contribution is 6.18. The maximum atomic E-state index is 5.91. The van der Waals surface area contributed by atoms with Gasteiger partial charge in [-0.3, -0.25) is 4.90 Å². The quantitative estimate of drug-likeness (QED) is 0.641. The van der Waals surface area contributed by atoms with Gasteiger partial charge in [0.2, 0.25) is 0 Å². The highest BCUT2D eigenvalue weighted by Crippen LogP contribution is 2.19. The molecule has 1 rings (SSSR count). The molecular formula is C13H26ClNO. The van der Waals surface area contributed by atoms with Crippen molar-refractivity contribution < 1.29 is 4.74 Å². The van der Waals surface area contributed by atoms with Gasteiger partial charge >= 0.3 is 0 Å². The van der Waals surface area contributed by atoms with E-state index in [1.54, 1.807) is 0 Å². The second-order valence-electron chi connectivity index (χ2n) is 4.71. The summed E-state index contributed by atoms with van der Waals surface area (Å²) in [6, 6.07) is 0.710. The Kier molecular flexibility index (Phi) is 7.42. The lowest BCUT2D eigenvalue weighted by Gasteiger charge is -2.34. The first-order valence-corrected chi connectivity index (χ1v) is 7.23. The van der Waals surface area contributed by atoms with Crippen LogP contribution in [-0.4, -0.2) is 43.1 Å². The van der Waals surface area contributed by atoms with Crippen molar-refractivity contribution in [1.82, 2.24) is 4.90 Å². The molecule has 16 heavy (non-hydrogen) atoms. The summed E-state index contributed by atoms with van der Waals surface area (Å²) in [5.74, 6) is 1.57. The van der Waals surface area contributed by atoms with Gasteiger partial charge in [0.25, 0.3) is 0 Å². The summed E-state index contributed by atoms with van der Waals surface area (Å²) >= 11 is 5.91. The minimum absolute atomic E-state index is 0.710. The minimum Gasteiger partial charge on any atom is -0.381 e. The Morgan fingerprint density at radius 1 is 1.25 bits per heavy atom. The number of halogens is 1. The summed E-state index contributed by atoms with van der Waals surface area (Å²) in [6.07, 6.45) is 4.91. The first kappa shape index (κ1) is 14.3. The molecule has 1 fully saturated rings. The van der Waals surface area contributed by atoms with Gasteiger partial charge < -0.3 is 4.74 Å². The number of rotatable bonds is 7. The van der Waals surface area contributed by atoms with Crippen molar-refractivity contribution in [3.05, 3.63) is 0 Å². The third-order valence-corrected chi connectivity index (χ3v) is 3.83. The number of hydrogen-bond donors (Lipinski definition) is 0. The maximum absolute atomic E-state index is 5.91. The topological polar surface area (TPSA) is 12.5 Å². The van der Waals surface area contributed by atoms with Gasteiger partial charge in [-0.05, 0) is 31.6 Å². The average molecular weight is 248 g/mol. The second-order valence-corrected chi connectivity index (χ2v) is 5.09. The van der Waals surface area contributed by atoms with E-state index in [9.17, 15) is 0 Å². The molecule has 0 aromatic rings. The minimum atomic E-state index is 0.710. The van der Waals surface area contributed by atoms with Crippen LogP contribution < -0.4 is 0 Å². The molecule has 0 spiro atoms. The van der Waals surface area contributed by atoms with Gasteiger partial charge in [0.1, 0.15) is 0 Å². The lowest BCUT2D eigenvalue weighted by molar-refractivity contribution is 0.0456. The Balaban J connectivity index is 2.41. The van der Waals surface area contributed by atoms with Crippen molar-refractivity contribution >= 4 is 11.6 Å². The molecule has 0 radical (unpaired) electrons. The number of alkyl halides is 1. The largest absolute Gasteiger partial charge is 0.381 e. The van der Waals surface area contributed by atoms with Crippen molar-refractivity contribution in [3.63, 3.8) is 0 Å². The third kappa shape index (κ3) is 4.60. The Hall–Kier alpha value is 0.210. The highest BCUT2D eigenvalue weighted by Gasteiger charge is 2.21. The zero-order valence-corrected chi connectivity index (χ0v) is 11.5. The van der Waals surface area contributed by atoms with Crippen molar-refractivity contribution in [3.8, 4) is 0 Å². The molecule has 0 atom stereocenters. The van der Waals surface area contributed by atoms with E-state index in [1.807, 2.05) is 0 Å². The van der Waals surface area contributed by atoms with E-state index in [0.717, 1.165) is 31.6 Å². The molecule has 0 N–H and O–H groups in total. The molecule has 0 aliphatic carbocycles. The van der Waals surface area contributed by atoms with Gasteiger partial charge in [-0.2, -0.15) is 0 Å². The van der Waals surface area contributed by atoms with Gasteiger partial charge in [0, 0.05) is 38.2 Å². The van der Waals surface area contributed by atoms with Gasteiger partial charge in [-0.25, -0.2) is 0 Å². The fourth-order valence-electron chi connectivity index (χ4n) is 2.60. The molecule has 3 heteroatoms. The fraction of sp³-hybridized carbons (Fsp3) is 1.00. The number of ether oxygens (including phenoxy) is 1.